The monoisotopic (exact) mass is 274 g/mol. The van der Waals surface area contributed by atoms with E-state index in [1.165, 1.54) is 5.56 Å². The molecule has 1 aromatic heterocycles. The number of benzene rings is 1. The molecule has 0 amide bonds. The van der Waals surface area contributed by atoms with Gasteiger partial charge in [-0.2, -0.15) is 0 Å². The Labute approximate surface area is 120 Å². The van der Waals surface area contributed by atoms with Crippen LogP contribution in [0.2, 0.25) is 0 Å². The van der Waals surface area contributed by atoms with E-state index in [0.717, 1.165) is 30.0 Å². The van der Waals surface area contributed by atoms with E-state index in [2.05, 4.69) is 41.6 Å². The lowest BCUT2D eigenvalue weighted by atomic mass is 10.0. The van der Waals surface area contributed by atoms with Crippen molar-refractivity contribution in [2.75, 3.05) is 14.2 Å². The van der Waals surface area contributed by atoms with E-state index < -0.39 is 0 Å². The van der Waals surface area contributed by atoms with Crippen molar-refractivity contribution in [3.63, 3.8) is 0 Å². The number of methoxy groups -OCH3 is 1. The van der Waals surface area contributed by atoms with E-state index >= 15 is 0 Å². The second kappa shape index (κ2) is 6.52. The van der Waals surface area contributed by atoms with Crippen molar-refractivity contribution in [3.8, 4) is 5.75 Å². The first-order chi connectivity index (χ1) is 9.71. The van der Waals surface area contributed by atoms with E-state index in [1.807, 2.05) is 24.0 Å². The summed E-state index contributed by atoms with van der Waals surface area (Å²) >= 11 is 0. The third-order valence-corrected chi connectivity index (χ3v) is 3.36. The van der Waals surface area contributed by atoms with Crippen LogP contribution in [-0.2, 0) is 6.54 Å². The molecule has 2 aromatic rings. The van der Waals surface area contributed by atoms with Gasteiger partial charge >= 0.3 is 0 Å². The lowest BCUT2D eigenvalue weighted by Gasteiger charge is -2.20. The molecular formula is C15H22N4O. The molecule has 2 rings (SSSR count). The summed E-state index contributed by atoms with van der Waals surface area (Å²) < 4.78 is 7.44. The number of aryl methyl sites for hydroxylation is 2. The maximum atomic E-state index is 5.49. The molecular weight excluding hydrogens is 252 g/mol. The van der Waals surface area contributed by atoms with Crippen LogP contribution in [0.15, 0.2) is 24.4 Å². The van der Waals surface area contributed by atoms with Gasteiger partial charge in [-0.1, -0.05) is 29.8 Å². The fourth-order valence-electron chi connectivity index (χ4n) is 2.42. The molecule has 108 valence electrons. The minimum absolute atomic E-state index is 0.0198. The van der Waals surface area contributed by atoms with E-state index in [9.17, 15) is 0 Å². The first-order valence-corrected chi connectivity index (χ1v) is 6.91. The molecule has 0 saturated carbocycles. The molecule has 20 heavy (non-hydrogen) atoms. The molecule has 1 heterocycles. The summed E-state index contributed by atoms with van der Waals surface area (Å²) in [7, 11) is 3.64. The molecule has 0 aliphatic heterocycles. The van der Waals surface area contributed by atoms with Crippen LogP contribution in [0.5, 0.6) is 5.75 Å². The average Bonchev–Trinajstić information content (AvgIpc) is 2.89. The summed E-state index contributed by atoms with van der Waals surface area (Å²) in [6, 6.07) is 6.22. The average molecular weight is 274 g/mol. The van der Waals surface area contributed by atoms with Crippen LogP contribution in [0.3, 0.4) is 0 Å². The van der Waals surface area contributed by atoms with Crippen molar-refractivity contribution in [2.45, 2.75) is 32.9 Å². The summed E-state index contributed by atoms with van der Waals surface area (Å²) in [5.74, 6) is 0.874. The Morgan fingerprint density at radius 3 is 2.85 bits per heavy atom. The Balaban J connectivity index is 2.46. The normalized spacial score (nSPS) is 12.4. The van der Waals surface area contributed by atoms with Crippen LogP contribution < -0.4 is 10.1 Å². The lowest BCUT2D eigenvalue weighted by molar-refractivity contribution is 0.403. The minimum atomic E-state index is 0.0198. The zero-order chi connectivity index (χ0) is 14.5. The van der Waals surface area contributed by atoms with Crippen molar-refractivity contribution in [1.29, 1.82) is 0 Å². The second-order valence-corrected chi connectivity index (χ2v) is 4.85. The van der Waals surface area contributed by atoms with Gasteiger partial charge in [-0.3, -0.25) is 0 Å². The van der Waals surface area contributed by atoms with Crippen molar-refractivity contribution in [3.05, 3.63) is 41.2 Å². The zero-order valence-electron chi connectivity index (χ0n) is 12.6. The van der Waals surface area contributed by atoms with Crippen molar-refractivity contribution < 1.29 is 4.74 Å². The van der Waals surface area contributed by atoms with Crippen molar-refractivity contribution in [1.82, 2.24) is 20.3 Å². The Kier molecular flexibility index (Phi) is 4.74. The molecule has 5 heteroatoms. The van der Waals surface area contributed by atoms with Gasteiger partial charge in [-0.15, -0.1) is 5.10 Å². The second-order valence-electron chi connectivity index (χ2n) is 4.85. The SMILES string of the molecule is CCCn1nncc1C(NC)c1cc(C)ccc1OC. The highest BCUT2D eigenvalue weighted by Crippen LogP contribution is 2.30. The predicted octanol–water partition coefficient (Wildman–Crippen LogP) is 2.31. The molecule has 0 aliphatic rings. The molecule has 1 atom stereocenters. The van der Waals surface area contributed by atoms with Crippen LogP contribution in [0.4, 0.5) is 0 Å². The quantitative estimate of drug-likeness (QED) is 0.878. The fraction of sp³-hybridized carbons (Fsp3) is 0.467. The van der Waals surface area contributed by atoms with E-state index in [0.29, 0.717) is 0 Å². The molecule has 0 radical (unpaired) electrons. The number of rotatable bonds is 6. The van der Waals surface area contributed by atoms with Crippen LogP contribution in [0.1, 0.15) is 36.2 Å². The highest BCUT2D eigenvalue weighted by atomic mass is 16.5. The molecule has 0 saturated heterocycles. The van der Waals surface area contributed by atoms with Gasteiger partial charge in [0.05, 0.1) is 25.0 Å². The third-order valence-electron chi connectivity index (χ3n) is 3.36. The standard InChI is InChI=1S/C15H22N4O/c1-5-8-19-13(10-17-18-19)15(16-3)12-9-11(2)6-7-14(12)20-4/h6-7,9-10,15-16H,5,8H2,1-4H3. The number of aromatic nitrogens is 3. The van der Waals surface area contributed by atoms with Crippen LogP contribution in [0.25, 0.3) is 0 Å². The topological polar surface area (TPSA) is 52.0 Å². The Morgan fingerprint density at radius 1 is 1.40 bits per heavy atom. The maximum Gasteiger partial charge on any atom is 0.124 e. The summed E-state index contributed by atoms with van der Waals surface area (Å²) in [5, 5.41) is 11.5. The smallest absolute Gasteiger partial charge is 0.124 e. The lowest BCUT2D eigenvalue weighted by Crippen LogP contribution is -2.22. The number of nitrogens with zero attached hydrogens (tertiary/aromatic N) is 3. The Morgan fingerprint density at radius 2 is 2.20 bits per heavy atom. The molecule has 5 nitrogen and oxygen atoms in total. The molecule has 1 unspecified atom stereocenters. The first-order valence-electron chi connectivity index (χ1n) is 6.91. The highest BCUT2D eigenvalue weighted by molar-refractivity contribution is 5.42. The number of hydrogen-bond acceptors (Lipinski definition) is 4. The molecule has 0 bridgehead atoms. The highest BCUT2D eigenvalue weighted by Gasteiger charge is 2.21. The number of nitrogens with one attached hydrogen (secondary N) is 1. The summed E-state index contributed by atoms with van der Waals surface area (Å²) in [5.41, 5.74) is 3.36. The van der Waals surface area contributed by atoms with Gasteiger partial charge in [0, 0.05) is 12.1 Å². The molecule has 0 fully saturated rings. The van der Waals surface area contributed by atoms with Gasteiger partial charge < -0.3 is 10.1 Å². The molecule has 0 spiro atoms. The molecule has 1 aromatic carbocycles. The zero-order valence-corrected chi connectivity index (χ0v) is 12.6. The number of ether oxygens (including phenoxy) is 1. The number of hydrogen-bond donors (Lipinski definition) is 1. The Hall–Kier alpha value is -1.88. The summed E-state index contributed by atoms with van der Waals surface area (Å²) in [6.07, 6.45) is 2.84. The van der Waals surface area contributed by atoms with Gasteiger partial charge in [-0.25, -0.2) is 4.68 Å². The van der Waals surface area contributed by atoms with Crippen molar-refractivity contribution in [2.24, 2.45) is 0 Å². The van der Waals surface area contributed by atoms with Gasteiger partial charge in [0.25, 0.3) is 0 Å². The van der Waals surface area contributed by atoms with E-state index in [4.69, 9.17) is 4.74 Å². The fourth-order valence-corrected chi connectivity index (χ4v) is 2.42. The van der Waals surface area contributed by atoms with E-state index in [-0.39, 0.29) is 6.04 Å². The largest absolute Gasteiger partial charge is 0.496 e. The van der Waals surface area contributed by atoms with Crippen molar-refractivity contribution >= 4 is 0 Å². The predicted molar refractivity (Wildman–Crippen MR) is 78.9 cm³/mol. The van der Waals surface area contributed by atoms with E-state index in [1.54, 1.807) is 7.11 Å². The van der Waals surface area contributed by atoms with Gasteiger partial charge in [0.2, 0.25) is 0 Å². The van der Waals surface area contributed by atoms with Crippen LogP contribution >= 0.6 is 0 Å². The minimum Gasteiger partial charge on any atom is -0.496 e. The summed E-state index contributed by atoms with van der Waals surface area (Å²) in [6.45, 7) is 5.08. The maximum absolute atomic E-state index is 5.49. The van der Waals surface area contributed by atoms with Gasteiger partial charge in [0.15, 0.2) is 0 Å². The van der Waals surface area contributed by atoms with Gasteiger partial charge in [0.1, 0.15) is 5.75 Å². The summed E-state index contributed by atoms with van der Waals surface area (Å²) in [4.78, 5) is 0. The third kappa shape index (κ3) is 2.82. The Bertz CT molecular complexity index is 565. The van der Waals surface area contributed by atoms with Gasteiger partial charge in [-0.05, 0) is 26.5 Å². The van der Waals surface area contributed by atoms with Crippen LogP contribution in [-0.4, -0.2) is 29.2 Å². The van der Waals surface area contributed by atoms with Crippen LogP contribution in [0, 0.1) is 6.92 Å². The first kappa shape index (κ1) is 14.5. The molecule has 0 aliphatic carbocycles. The molecule has 1 N–H and O–H groups in total.